The Morgan fingerprint density at radius 3 is 2.63 bits per heavy atom. The van der Waals surface area contributed by atoms with Crippen LogP contribution in [-0.2, 0) is 11.4 Å². The van der Waals surface area contributed by atoms with E-state index in [0.29, 0.717) is 26.9 Å². The van der Waals surface area contributed by atoms with Gasteiger partial charge in [0.2, 0.25) is 0 Å². The van der Waals surface area contributed by atoms with E-state index in [9.17, 15) is 9.18 Å². The lowest BCUT2D eigenvalue weighted by atomic mass is 10.1. The van der Waals surface area contributed by atoms with E-state index >= 15 is 0 Å². The Labute approximate surface area is 186 Å². The van der Waals surface area contributed by atoms with Crippen molar-refractivity contribution in [2.24, 2.45) is 4.99 Å². The number of amidine groups is 1. The Bertz CT molecular complexity index is 1150. The molecule has 0 radical (unpaired) electrons. The molecule has 1 heterocycles. The van der Waals surface area contributed by atoms with E-state index in [4.69, 9.17) is 4.74 Å². The summed E-state index contributed by atoms with van der Waals surface area (Å²) in [6.07, 6.45) is 1.74. The SMILES string of the molecule is O=C1NC(=Nc2ccccc2)S/C1=C\c1cc(Br)ccc1OCc1ccccc1F. The number of halogens is 2. The number of thioether (sulfide) groups is 1. The Morgan fingerprint density at radius 1 is 1.07 bits per heavy atom. The fraction of sp³-hybridized carbons (Fsp3) is 0.0435. The summed E-state index contributed by atoms with van der Waals surface area (Å²) in [5, 5.41) is 3.29. The summed E-state index contributed by atoms with van der Waals surface area (Å²) in [5.74, 6) is 0.00696. The van der Waals surface area contributed by atoms with Gasteiger partial charge >= 0.3 is 0 Å². The van der Waals surface area contributed by atoms with Gasteiger partial charge in [-0.05, 0) is 54.2 Å². The van der Waals surface area contributed by atoms with Crippen LogP contribution < -0.4 is 10.1 Å². The third-order valence-electron chi connectivity index (χ3n) is 4.24. The fourth-order valence-electron chi connectivity index (χ4n) is 2.78. The highest BCUT2D eigenvalue weighted by Gasteiger charge is 2.24. The van der Waals surface area contributed by atoms with Crippen LogP contribution in [-0.4, -0.2) is 11.1 Å². The highest BCUT2D eigenvalue weighted by molar-refractivity contribution is 9.10. The highest BCUT2D eigenvalue weighted by atomic mass is 79.9. The molecule has 1 fully saturated rings. The Morgan fingerprint density at radius 2 is 1.83 bits per heavy atom. The fourth-order valence-corrected chi connectivity index (χ4v) is 3.99. The molecule has 7 heteroatoms. The van der Waals surface area contributed by atoms with Gasteiger partial charge in [0.05, 0.1) is 10.6 Å². The molecule has 1 amide bonds. The quantitative estimate of drug-likeness (QED) is 0.449. The first-order chi connectivity index (χ1) is 14.6. The lowest BCUT2D eigenvalue weighted by Crippen LogP contribution is -2.19. The zero-order chi connectivity index (χ0) is 20.9. The van der Waals surface area contributed by atoms with Crippen molar-refractivity contribution in [1.29, 1.82) is 0 Å². The van der Waals surface area contributed by atoms with Crippen molar-refractivity contribution in [1.82, 2.24) is 5.32 Å². The second kappa shape index (κ2) is 9.28. The number of benzene rings is 3. The van der Waals surface area contributed by atoms with Crippen molar-refractivity contribution in [3.63, 3.8) is 0 Å². The normalized spacial score (nSPS) is 16.1. The molecular weight excluding hydrogens is 467 g/mol. The second-order valence-electron chi connectivity index (χ2n) is 6.38. The van der Waals surface area contributed by atoms with Crippen LogP contribution in [0.25, 0.3) is 6.08 Å². The minimum atomic E-state index is -0.318. The molecule has 30 heavy (non-hydrogen) atoms. The lowest BCUT2D eigenvalue weighted by Gasteiger charge is -2.11. The van der Waals surface area contributed by atoms with E-state index in [2.05, 4.69) is 26.2 Å². The van der Waals surface area contributed by atoms with Crippen LogP contribution in [0, 0.1) is 5.82 Å². The number of carbonyl (C=O) groups is 1. The van der Waals surface area contributed by atoms with Gasteiger partial charge in [0.1, 0.15) is 18.2 Å². The zero-order valence-corrected chi connectivity index (χ0v) is 18.0. The topological polar surface area (TPSA) is 50.7 Å². The number of para-hydroxylation sites is 1. The number of aliphatic imine (C=N–C) groups is 1. The third kappa shape index (κ3) is 4.98. The van der Waals surface area contributed by atoms with Crippen LogP contribution in [0.1, 0.15) is 11.1 Å². The molecule has 0 saturated carbocycles. The molecule has 150 valence electrons. The van der Waals surface area contributed by atoms with E-state index < -0.39 is 0 Å². The molecule has 0 aromatic heterocycles. The van der Waals surface area contributed by atoms with Gasteiger partial charge in [-0.2, -0.15) is 0 Å². The predicted molar refractivity (Wildman–Crippen MR) is 122 cm³/mol. The molecule has 4 rings (SSSR count). The average Bonchev–Trinajstić information content (AvgIpc) is 3.08. The molecule has 0 unspecified atom stereocenters. The van der Waals surface area contributed by atoms with Crippen molar-refractivity contribution in [2.45, 2.75) is 6.61 Å². The first kappa shape index (κ1) is 20.4. The van der Waals surface area contributed by atoms with Crippen molar-refractivity contribution in [2.75, 3.05) is 0 Å². The van der Waals surface area contributed by atoms with Crippen LogP contribution in [0.5, 0.6) is 5.75 Å². The van der Waals surface area contributed by atoms with Crippen molar-refractivity contribution in [3.05, 3.63) is 99.1 Å². The number of ether oxygens (including phenoxy) is 1. The van der Waals surface area contributed by atoms with Crippen LogP contribution in [0.3, 0.4) is 0 Å². The molecule has 1 aliphatic rings. The maximum absolute atomic E-state index is 13.9. The van der Waals surface area contributed by atoms with Gasteiger partial charge in [0.25, 0.3) is 5.91 Å². The summed E-state index contributed by atoms with van der Waals surface area (Å²) in [5.41, 5.74) is 1.93. The van der Waals surface area contributed by atoms with E-state index in [1.165, 1.54) is 17.8 Å². The minimum absolute atomic E-state index is 0.0878. The van der Waals surface area contributed by atoms with Crippen LogP contribution in [0.15, 0.2) is 87.2 Å². The third-order valence-corrected chi connectivity index (χ3v) is 5.64. The van der Waals surface area contributed by atoms with Crippen LogP contribution >= 0.6 is 27.7 Å². The molecule has 0 spiro atoms. The smallest absolute Gasteiger partial charge is 0.264 e. The van der Waals surface area contributed by atoms with Crippen LogP contribution in [0.2, 0.25) is 0 Å². The summed E-state index contributed by atoms with van der Waals surface area (Å²) in [7, 11) is 0. The Balaban J connectivity index is 1.57. The molecule has 1 N–H and O–H groups in total. The summed E-state index contributed by atoms with van der Waals surface area (Å²) < 4.78 is 20.6. The number of hydrogen-bond acceptors (Lipinski definition) is 4. The lowest BCUT2D eigenvalue weighted by molar-refractivity contribution is -0.115. The van der Waals surface area contributed by atoms with Gasteiger partial charge in [-0.15, -0.1) is 0 Å². The van der Waals surface area contributed by atoms with Gasteiger partial charge in [-0.3, -0.25) is 4.79 Å². The molecule has 1 aliphatic heterocycles. The average molecular weight is 483 g/mol. The molecule has 0 bridgehead atoms. The van der Waals surface area contributed by atoms with Crippen LogP contribution in [0.4, 0.5) is 10.1 Å². The van der Waals surface area contributed by atoms with E-state index in [0.717, 1.165) is 10.2 Å². The monoisotopic (exact) mass is 482 g/mol. The van der Waals surface area contributed by atoms with E-state index in [-0.39, 0.29) is 18.3 Å². The van der Waals surface area contributed by atoms with Crippen molar-refractivity contribution in [3.8, 4) is 5.75 Å². The van der Waals surface area contributed by atoms with E-state index in [1.807, 2.05) is 42.5 Å². The maximum Gasteiger partial charge on any atom is 0.264 e. The number of nitrogens with one attached hydrogen (secondary N) is 1. The van der Waals surface area contributed by atoms with E-state index in [1.54, 1.807) is 30.3 Å². The number of rotatable bonds is 5. The minimum Gasteiger partial charge on any atom is -0.488 e. The van der Waals surface area contributed by atoms with Gasteiger partial charge in [0.15, 0.2) is 5.17 Å². The number of amides is 1. The summed E-state index contributed by atoms with van der Waals surface area (Å²) >= 11 is 4.71. The largest absolute Gasteiger partial charge is 0.488 e. The number of hydrogen-bond donors (Lipinski definition) is 1. The van der Waals surface area contributed by atoms with Gasteiger partial charge in [0, 0.05) is 15.6 Å². The molecule has 4 nitrogen and oxygen atoms in total. The van der Waals surface area contributed by atoms with Crippen molar-refractivity contribution >= 4 is 50.5 Å². The molecule has 1 saturated heterocycles. The second-order valence-corrected chi connectivity index (χ2v) is 8.33. The molecular formula is C23H16BrFN2O2S. The number of carbonyl (C=O) groups excluding carboxylic acids is 1. The zero-order valence-electron chi connectivity index (χ0n) is 15.6. The summed E-state index contributed by atoms with van der Waals surface area (Å²) in [4.78, 5) is 17.4. The first-order valence-electron chi connectivity index (χ1n) is 9.09. The van der Waals surface area contributed by atoms with Crippen molar-refractivity contribution < 1.29 is 13.9 Å². The molecule has 3 aromatic rings. The Kier molecular flexibility index (Phi) is 6.30. The molecule has 3 aromatic carbocycles. The number of nitrogens with zero attached hydrogens (tertiary/aromatic N) is 1. The standard InChI is InChI=1S/C23H16BrFN2O2S/c24-17-10-11-20(29-14-15-6-4-5-9-19(15)25)16(12-17)13-21-22(28)27-23(30-21)26-18-7-2-1-3-8-18/h1-13H,14H2,(H,26,27,28)/b21-13-. The molecule has 0 aliphatic carbocycles. The van der Waals surface area contributed by atoms with Gasteiger partial charge in [-0.1, -0.05) is 52.3 Å². The first-order valence-corrected chi connectivity index (χ1v) is 10.7. The summed E-state index contributed by atoms with van der Waals surface area (Å²) in [6, 6.07) is 21.4. The Hall–Kier alpha value is -2.90. The maximum atomic E-state index is 13.9. The van der Waals surface area contributed by atoms with Gasteiger partial charge < -0.3 is 10.1 Å². The summed E-state index contributed by atoms with van der Waals surface area (Å²) in [6.45, 7) is 0.0878. The van der Waals surface area contributed by atoms with Gasteiger partial charge in [-0.25, -0.2) is 9.38 Å². The highest BCUT2D eigenvalue weighted by Crippen LogP contribution is 2.32. The molecule has 0 atom stereocenters. The predicted octanol–water partition coefficient (Wildman–Crippen LogP) is 6.06.